The Morgan fingerprint density at radius 1 is 1.10 bits per heavy atom. The quantitative estimate of drug-likeness (QED) is 0.507. The van der Waals surface area contributed by atoms with Crippen LogP contribution in [-0.4, -0.2) is 42.9 Å². The van der Waals surface area contributed by atoms with Gasteiger partial charge >= 0.3 is 12.1 Å². The summed E-state index contributed by atoms with van der Waals surface area (Å²) in [5.74, 6) is -2.95. The van der Waals surface area contributed by atoms with Crippen LogP contribution in [0.4, 0.5) is 17.6 Å². The third kappa shape index (κ3) is 6.95. The highest BCUT2D eigenvalue weighted by atomic mass is 35.5. The van der Waals surface area contributed by atoms with Crippen molar-refractivity contribution >= 4 is 29.4 Å². The Labute approximate surface area is 179 Å². The molecule has 0 spiro atoms. The number of halogens is 5. The second-order valence-electron chi connectivity index (χ2n) is 6.37. The van der Waals surface area contributed by atoms with E-state index in [2.05, 4.69) is 5.32 Å². The van der Waals surface area contributed by atoms with Crippen molar-refractivity contribution < 1.29 is 36.7 Å². The molecule has 0 aliphatic heterocycles. The summed E-state index contributed by atoms with van der Waals surface area (Å²) in [6.45, 7) is -1.40. The zero-order chi connectivity index (χ0) is 23.2. The number of alkyl halides is 3. The number of ether oxygens (including phenoxy) is 1. The second kappa shape index (κ2) is 10.3. The van der Waals surface area contributed by atoms with Gasteiger partial charge in [-0.25, -0.2) is 4.39 Å². The first-order valence-electron chi connectivity index (χ1n) is 8.77. The summed E-state index contributed by atoms with van der Waals surface area (Å²) in [6, 6.07) is 7.50. The number of esters is 1. The average Bonchev–Trinajstić information content (AvgIpc) is 2.72. The Kier molecular flexibility index (Phi) is 7.98. The van der Waals surface area contributed by atoms with Crippen LogP contribution in [0.15, 0.2) is 42.5 Å². The highest BCUT2D eigenvalue weighted by molar-refractivity contribution is 6.31. The van der Waals surface area contributed by atoms with Gasteiger partial charge in [0.15, 0.2) is 6.61 Å². The van der Waals surface area contributed by atoms with Gasteiger partial charge in [0.05, 0.1) is 5.56 Å². The van der Waals surface area contributed by atoms with E-state index in [1.807, 2.05) is 0 Å². The number of amides is 2. The summed E-state index contributed by atoms with van der Waals surface area (Å²) in [7, 11) is 1.37. The van der Waals surface area contributed by atoms with Gasteiger partial charge in [-0.3, -0.25) is 14.4 Å². The van der Waals surface area contributed by atoms with Crippen molar-refractivity contribution in [2.45, 2.75) is 12.7 Å². The van der Waals surface area contributed by atoms with Gasteiger partial charge in [0, 0.05) is 29.7 Å². The van der Waals surface area contributed by atoms with Crippen LogP contribution in [0.2, 0.25) is 5.02 Å². The normalized spacial score (nSPS) is 11.0. The van der Waals surface area contributed by atoms with E-state index in [0.29, 0.717) is 0 Å². The molecular formula is C20H17ClF4N2O4. The van der Waals surface area contributed by atoms with Crippen LogP contribution < -0.4 is 5.32 Å². The topological polar surface area (TPSA) is 75.7 Å². The Bertz CT molecular complexity index is 944. The molecule has 2 amide bonds. The molecule has 0 radical (unpaired) electrons. The first-order valence-corrected chi connectivity index (χ1v) is 9.14. The van der Waals surface area contributed by atoms with Crippen LogP contribution >= 0.6 is 11.6 Å². The number of likely N-dealkylation sites (N-methyl/N-ethyl adjacent to an activating group) is 1. The van der Waals surface area contributed by atoms with E-state index in [-0.39, 0.29) is 22.7 Å². The third-order valence-corrected chi connectivity index (χ3v) is 4.46. The summed E-state index contributed by atoms with van der Waals surface area (Å²) in [5, 5.41) is 2.32. The molecule has 0 heterocycles. The molecule has 2 aromatic rings. The highest BCUT2D eigenvalue weighted by Crippen LogP contribution is 2.29. The number of rotatable bonds is 7. The molecule has 2 rings (SSSR count). The van der Waals surface area contributed by atoms with Gasteiger partial charge < -0.3 is 15.0 Å². The summed E-state index contributed by atoms with van der Waals surface area (Å²) in [4.78, 5) is 36.8. The van der Waals surface area contributed by atoms with Crippen LogP contribution in [0.1, 0.15) is 21.5 Å². The number of carbonyl (C=O) groups excluding carboxylic acids is 3. The Balaban J connectivity index is 1.79. The molecule has 11 heteroatoms. The van der Waals surface area contributed by atoms with Crippen molar-refractivity contribution in [2.75, 3.05) is 20.2 Å². The lowest BCUT2D eigenvalue weighted by molar-refractivity contribution is -0.150. The van der Waals surface area contributed by atoms with Crippen molar-refractivity contribution in [1.29, 1.82) is 0 Å². The maximum absolute atomic E-state index is 13.8. The lowest BCUT2D eigenvalue weighted by Gasteiger charge is -2.18. The Morgan fingerprint density at radius 2 is 1.74 bits per heavy atom. The molecule has 0 saturated heterocycles. The fraction of sp³-hybridized carbons (Fsp3) is 0.250. The van der Waals surface area contributed by atoms with Crippen molar-refractivity contribution in [3.8, 4) is 0 Å². The maximum atomic E-state index is 13.8. The number of nitrogens with zero attached hydrogens (tertiary/aromatic N) is 1. The first kappa shape index (κ1) is 24.1. The van der Waals surface area contributed by atoms with E-state index in [4.69, 9.17) is 16.3 Å². The van der Waals surface area contributed by atoms with E-state index in [1.54, 1.807) is 0 Å². The van der Waals surface area contributed by atoms with Crippen molar-refractivity contribution in [3.63, 3.8) is 0 Å². The van der Waals surface area contributed by atoms with E-state index in [1.165, 1.54) is 25.2 Å². The maximum Gasteiger partial charge on any atom is 0.416 e. The lowest BCUT2D eigenvalue weighted by Crippen LogP contribution is -2.34. The van der Waals surface area contributed by atoms with Gasteiger partial charge in [-0.1, -0.05) is 17.7 Å². The molecule has 0 aromatic heterocycles. The molecule has 2 aromatic carbocycles. The fourth-order valence-electron chi connectivity index (χ4n) is 2.38. The predicted molar refractivity (Wildman–Crippen MR) is 103 cm³/mol. The minimum absolute atomic E-state index is 0.0848. The van der Waals surface area contributed by atoms with E-state index < -0.39 is 48.5 Å². The number of hydrogen-bond acceptors (Lipinski definition) is 4. The number of nitrogens with one attached hydrogen (secondary N) is 1. The highest BCUT2D eigenvalue weighted by Gasteiger charge is 2.30. The summed E-state index contributed by atoms with van der Waals surface area (Å²) >= 11 is 5.90. The van der Waals surface area contributed by atoms with Crippen LogP contribution in [0.3, 0.4) is 0 Å². The van der Waals surface area contributed by atoms with Gasteiger partial charge in [0.2, 0.25) is 0 Å². The SMILES string of the molecule is CN(Cc1c(F)cccc1Cl)C(=O)COC(=O)CNC(=O)c1ccc(C(F)(F)F)cc1. The zero-order valence-corrected chi connectivity index (χ0v) is 16.9. The molecule has 0 saturated carbocycles. The van der Waals surface area contributed by atoms with Gasteiger partial charge in [0.25, 0.3) is 11.8 Å². The number of hydrogen-bond donors (Lipinski definition) is 1. The minimum atomic E-state index is -4.53. The average molecular weight is 461 g/mol. The molecule has 1 N–H and O–H groups in total. The molecule has 0 fully saturated rings. The van der Waals surface area contributed by atoms with E-state index in [0.717, 1.165) is 29.2 Å². The number of benzene rings is 2. The van der Waals surface area contributed by atoms with Crippen LogP contribution in [0, 0.1) is 5.82 Å². The van der Waals surface area contributed by atoms with E-state index >= 15 is 0 Å². The molecule has 166 valence electrons. The van der Waals surface area contributed by atoms with Crippen molar-refractivity contribution in [1.82, 2.24) is 10.2 Å². The van der Waals surface area contributed by atoms with Crippen molar-refractivity contribution in [2.24, 2.45) is 0 Å². The van der Waals surface area contributed by atoms with Gasteiger partial charge in [-0.2, -0.15) is 13.2 Å². The van der Waals surface area contributed by atoms with Crippen LogP contribution in [-0.2, 0) is 27.0 Å². The van der Waals surface area contributed by atoms with Crippen molar-refractivity contribution in [3.05, 3.63) is 70.0 Å². The van der Waals surface area contributed by atoms with Gasteiger partial charge in [-0.05, 0) is 36.4 Å². The monoisotopic (exact) mass is 460 g/mol. The van der Waals surface area contributed by atoms with Crippen LogP contribution in [0.5, 0.6) is 0 Å². The molecule has 6 nitrogen and oxygen atoms in total. The third-order valence-electron chi connectivity index (χ3n) is 4.11. The van der Waals surface area contributed by atoms with Gasteiger partial charge in [-0.15, -0.1) is 0 Å². The smallest absolute Gasteiger partial charge is 0.416 e. The standard InChI is InChI=1S/C20H17ClF4N2O4/c1-27(10-14-15(21)3-2-4-16(14)22)17(28)11-31-18(29)9-26-19(30)12-5-7-13(8-6-12)20(23,24)25/h2-8H,9-11H2,1H3,(H,26,30). The molecule has 0 aliphatic rings. The van der Waals surface area contributed by atoms with E-state index in [9.17, 15) is 31.9 Å². The second-order valence-corrected chi connectivity index (χ2v) is 6.78. The summed E-state index contributed by atoms with van der Waals surface area (Å²) in [5.41, 5.74) is -0.892. The summed E-state index contributed by atoms with van der Waals surface area (Å²) < 4.78 is 56.1. The lowest BCUT2D eigenvalue weighted by atomic mass is 10.1. The molecule has 0 atom stereocenters. The largest absolute Gasteiger partial charge is 0.454 e. The zero-order valence-electron chi connectivity index (χ0n) is 16.1. The van der Waals surface area contributed by atoms with Crippen LogP contribution in [0.25, 0.3) is 0 Å². The molecule has 0 unspecified atom stereocenters. The summed E-state index contributed by atoms with van der Waals surface area (Å²) in [6.07, 6.45) is -4.53. The molecule has 31 heavy (non-hydrogen) atoms. The molecule has 0 bridgehead atoms. The molecular weight excluding hydrogens is 444 g/mol. The predicted octanol–water partition coefficient (Wildman–Crippen LogP) is 3.43. The first-order chi connectivity index (χ1) is 14.5. The Morgan fingerprint density at radius 3 is 2.32 bits per heavy atom. The fourth-order valence-corrected chi connectivity index (χ4v) is 2.60. The minimum Gasteiger partial charge on any atom is -0.454 e. The molecule has 0 aliphatic carbocycles. The van der Waals surface area contributed by atoms with Gasteiger partial charge in [0.1, 0.15) is 12.4 Å². The Hall–Kier alpha value is -3.14. The number of carbonyl (C=O) groups is 3.